The molecule has 0 radical (unpaired) electrons. The molecule has 1 aliphatic carbocycles. The molecular formula is C36H26F9NO4. The number of hydrogen-bond acceptors (Lipinski definition) is 4. The summed E-state index contributed by atoms with van der Waals surface area (Å²) < 4.78 is 130. The average Bonchev–Trinajstić information content (AvgIpc) is 3.65. The van der Waals surface area contributed by atoms with Gasteiger partial charge in [0.1, 0.15) is 5.75 Å². The van der Waals surface area contributed by atoms with Crippen molar-refractivity contribution in [1.82, 2.24) is 0 Å². The number of carbonyl (C=O) groups is 1. The average molecular weight is 708 g/mol. The second-order valence-electron chi connectivity index (χ2n) is 12.2. The molecule has 1 N–H and O–H groups in total. The van der Waals surface area contributed by atoms with Gasteiger partial charge in [-0.3, -0.25) is 0 Å². The van der Waals surface area contributed by atoms with Crippen molar-refractivity contribution in [1.29, 1.82) is 0 Å². The van der Waals surface area contributed by atoms with Gasteiger partial charge in [-0.25, -0.2) is 4.79 Å². The van der Waals surface area contributed by atoms with Gasteiger partial charge in [-0.2, -0.15) is 39.5 Å². The van der Waals surface area contributed by atoms with Crippen molar-refractivity contribution in [2.75, 3.05) is 7.11 Å². The van der Waals surface area contributed by atoms with Crippen LogP contribution >= 0.6 is 0 Å². The third-order valence-electron chi connectivity index (χ3n) is 9.11. The number of hydrogen-bond donors (Lipinski definition) is 1. The quantitative estimate of drug-likeness (QED) is 0.203. The zero-order valence-corrected chi connectivity index (χ0v) is 26.1. The van der Waals surface area contributed by atoms with E-state index in [0.717, 1.165) is 12.1 Å². The molecule has 1 heterocycles. The van der Waals surface area contributed by atoms with E-state index in [0.29, 0.717) is 45.7 Å². The maximum atomic E-state index is 14.1. The van der Waals surface area contributed by atoms with Crippen LogP contribution in [0.25, 0.3) is 22.3 Å². The fourth-order valence-corrected chi connectivity index (χ4v) is 6.76. The SMILES string of the molecule is COc1ccc(-c2ccc(C(=O)O)cc2C)cc1-c1ccc(C(F)(F)F)cc1C1CCC2C1=NOC2c1cc(C(F)(F)F)cc(C(F)(F)F)c1. The van der Waals surface area contributed by atoms with Crippen molar-refractivity contribution < 1.29 is 59.0 Å². The maximum absolute atomic E-state index is 14.1. The summed E-state index contributed by atoms with van der Waals surface area (Å²) in [6.07, 6.45) is -15.9. The number of aryl methyl sites for hydroxylation is 1. The van der Waals surface area contributed by atoms with Crippen molar-refractivity contribution in [2.45, 2.75) is 50.3 Å². The molecule has 262 valence electrons. The fourth-order valence-electron chi connectivity index (χ4n) is 6.76. The molecule has 0 aromatic heterocycles. The lowest BCUT2D eigenvalue weighted by Gasteiger charge is -2.21. The summed E-state index contributed by atoms with van der Waals surface area (Å²) in [6.45, 7) is 1.71. The fraction of sp³-hybridized carbons (Fsp3) is 0.278. The highest BCUT2D eigenvalue weighted by atomic mass is 19.4. The number of fused-ring (bicyclic) bond motifs is 1. The molecule has 3 unspecified atom stereocenters. The van der Waals surface area contributed by atoms with E-state index < -0.39 is 64.7 Å². The number of aromatic carboxylic acids is 1. The highest BCUT2D eigenvalue weighted by Crippen LogP contribution is 2.52. The second-order valence-corrected chi connectivity index (χ2v) is 12.2. The Balaban J connectivity index is 1.44. The molecule has 1 saturated carbocycles. The molecule has 0 spiro atoms. The second kappa shape index (κ2) is 12.4. The standard InChI is InChI=1S/C36H26F9NO4/c1-17-11-19(33(47)48)3-6-24(17)18-4-10-30(49-2)29(14-18)25-7-5-21(34(37,38)39)16-28(25)26-8-9-27-31(26)46-50-32(27)20-12-22(35(40,41)42)15-23(13-20)36(43,44)45/h3-7,10-16,26-27,32H,8-9H2,1-2H3,(H,47,48). The molecule has 1 aliphatic heterocycles. The first-order valence-corrected chi connectivity index (χ1v) is 15.1. The van der Waals surface area contributed by atoms with Gasteiger partial charge in [0, 0.05) is 17.4 Å². The summed E-state index contributed by atoms with van der Waals surface area (Å²) in [5.74, 6) is -2.46. The molecule has 4 aromatic rings. The van der Waals surface area contributed by atoms with Crippen LogP contribution in [0.4, 0.5) is 39.5 Å². The molecule has 1 fully saturated rings. The van der Waals surface area contributed by atoms with E-state index in [4.69, 9.17) is 9.57 Å². The molecule has 0 saturated heterocycles. The minimum absolute atomic E-state index is 0.0100. The van der Waals surface area contributed by atoms with Crippen LogP contribution in [0.1, 0.15) is 68.6 Å². The Morgan fingerprint density at radius 3 is 1.98 bits per heavy atom. The Bertz CT molecular complexity index is 1980. The Kier molecular flexibility index (Phi) is 8.64. The zero-order chi connectivity index (χ0) is 36.3. The Morgan fingerprint density at radius 1 is 0.760 bits per heavy atom. The monoisotopic (exact) mass is 707 g/mol. The van der Waals surface area contributed by atoms with Gasteiger partial charge in [-0.05, 0) is 108 Å². The van der Waals surface area contributed by atoms with Crippen LogP contribution in [-0.2, 0) is 23.4 Å². The molecule has 0 amide bonds. The number of carboxylic acids is 1. The van der Waals surface area contributed by atoms with E-state index in [2.05, 4.69) is 5.16 Å². The number of oxime groups is 1. The Hall–Kier alpha value is -5.01. The van der Waals surface area contributed by atoms with Crippen molar-refractivity contribution in [2.24, 2.45) is 11.1 Å². The van der Waals surface area contributed by atoms with Crippen LogP contribution in [0, 0.1) is 12.8 Å². The van der Waals surface area contributed by atoms with Gasteiger partial charge >= 0.3 is 24.5 Å². The summed E-state index contributed by atoms with van der Waals surface area (Å²) >= 11 is 0. The number of methoxy groups -OCH3 is 1. The topological polar surface area (TPSA) is 68.1 Å². The molecule has 50 heavy (non-hydrogen) atoms. The molecule has 3 atom stereocenters. The molecule has 5 nitrogen and oxygen atoms in total. The van der Waals surface area contributed by atoms with Crippen LogP contribution in [-0.4, -0.2) is 23.9 Å². The first-order valence-electron chi connectivity index (χ1n) is 15.1. The number of carboxylic acid groups (broad SMARTS) is 1. The normalized spacial score (nSPS) is 19.2. The minimum Gasteiger partial charge on any atom is -0.496 e. The lowest BCUT2D eigenvalue weighted by molar-refractivity contribution is -0.143. The predicted octanol–water partition coefficient (Wildman–Crippen LogP) is 10.7. The first kappa shape index (κ1) is 34.8. The number of rotatable bonds is 6. The van der Waals surface area contributed by atoms with Crippen LogP contribution < -0.4 is 4.74 Å². The van der Waals surface area contributed by atoms with Gasteiger partial charge < -0.3 is 14.7 Å². The van der Waals surface area contributed by atoms with Crippen molar-refractivity contribution in [3.63, 3.8) is 0 Å². The third kappa shape index (κ3) is 6.50. The van der Waals surface area contributed by atoms with E-state index >= 15 is 0 Å². The van der Waals surface area contributed by atoms with Crippen molar-refractivity contribution in [3.8, 4) is 28.0 Å². The van der Waals surface area contributed by atoms with Crippen LogP contribution in [0.5, 0.6) is 5.75 Å². The molecule has 0 bridgehead atoms. The van der Waals surface area contributed by atoms with Crippen LogP contribution in [0.15, 0.2) is 78.0 Å². The lowest BCUT2D eigenvalue weighted by Crippen LogP contribution is -2.18. The predicted molar refractivity (Wildman–Crippen MR) is 164 cm³/mol. The summed E-state index contributed by atoms with van der Waals surface area (Å²) in [7, 11) is 1.38. The van der Waals surface area contributed by atoms with Gasteiger partial charge in [0.05, 0.1) is 35.1 Å². The first-order chi connectivity index (χ1) is 23.4. The minimum atomic E-state index is -5.09. The highest BCUT2D eigenvalue weighted by Gasteiger charge is 2.47. The van der Waals surface area contributed by atoms with E-state index in [9.17, 15) is 49.4 Å². The van der Waals surface area contributed by atoms with Gasteiger partial charge in [0.15, 0.2) is 6.10 Å². The number of alkyl halides is 9. The maximum Gasteiger partial charge on any atom is 0.416 e. The van der Waals surface area contributed by atoms with Gasteiger partial charge in [0.25, 0.3) is 0 Å². The van der Waals surface area contributed by atoms with Gasteiger partial charge in [0.2, 0.25) is 0 Å². The van der Waals surface area contributed by atoms with E-state index in [1.54, 1.807) is 31.2 Å². The van der Waals surface area contributed by atoms with E-state index in [-0.39, 0.29) is 35.7 Å². The van der Waals surface area contributed by atoms with E-state index in [1.165, 1.54) is 25.3 Å². The number of halogens is 9. The number of benzene rings is 4. The lowest BCUT2D eigenvalue weighted by atomic mass is 9.84. The van der Waals surface area contributed by atoms with Crippen molar-refractivity contribution in [3.05, 3.63) is 112 Å². The van der Waals surface area contributed by atoms with Crippen LogP contribution in [0.2, 0.25) is 0 Å². The van der Waals surface area contributed by atoms with Crippen molar-refractivity contribution >= 4 is 11.7 Å². The summed E-state index contributed by atoms with van der Waals surface area (Å²) in [4.78, 5) is 16.9. The third-order valence-corrected chi connectivity index (χ3v) is 9.11. The van der Waals surface area contributed by atoms with Crippen LogP contribution in [0.3, 0.4) is 0 Å². The largest absolute Gasteiger partial charge is 0.496 e. The zero-order valence-electron chi connectivity index (χ0n) is 26.1. The van der Waals surface area contributed by atoms with Gasteiger partial charge in [-0.15, -0.1) is 0 Å². The molecule has 6 rings (SSSR count). The number of ether oxygens (including phenoxy) is 1. The number of nitrogens with zero attached hydrogens (tertiary/aromatic N) is 1. The summed E-state index contributed by atoms with van der Waals surface area (Å²) in [5, 5.41) is 13.4. The van der Waals surface area contributed by atoms with Gasteiger partial charge in [-0.1, -0.05) is 23.4 Å². The van der Waals surface area contributed by atoms with E-state index in [1.807, 2.05) is 0 Å². The molecule has 4 aromatic carbocycles. The smallest absolute Gasteiger partial charge is 0.416 e. The summed E-state index contributed by atoms with van der Waals surface area (Å²) in [5.41, 5.74) is -1.37. The highest BCUT2D eigenvalue weighted by molar-refractivity contribution is 5.98. The Morgan fingerprint density at radius 2 is 1.40 bits per heavy atom. The summed E-state index contributed by atoms with van der Waals surface area (Å²) in [6, 6.07) is 13.8. The molecule has 2 aliphatic rings. The molecular weight excluding hydrogens is 681 g/mol. The molecule has 14 heteroatoms. The Labute approximate surface area is 278 Å².